The number of hydrogen-bond acceptors (Lipinski definition) is 4. The van der Waals surface area contributed by atoms with Gasteiger partial charge in [0.2, 0.25) is 0 Å². The predicted octanol–water partition coefficient (Wildman–Crippen LogP) is 3.94. The van der Waals surface area contributed by atoms with Crippen molar-refractivity contribution in [2.24, 2.45) is 7.05 Å². The number of carbonyl (C=O) groups is 1. The van der Waals surface area contributed by atoms with Gasteiger partial charge in [-0.1, -0.05) is 30.8 Å². The van der Waals surface area contributed by atoms with Crippen LogP contribution in [0.5, 0.6) is 0 Å². The highest BCUT2D eigenvalue weighted by Gasteiger charge is 2.38. The van der Waals surface area contributed by atoms with Crippen LogP contribution in [-0.4, -0.2) is 22.9 Å². The Morgan fingerprint density at radius 3 is 2.57 bits per heavy atom. The van der Waals surface area contributed by atoms with Crippen molar-refractivity contribution >= 4 is 17.7 Å². The van der Waals surface area contributed by atoms with Crippen molar-refractivity contribution < 1.29 is 22.7 Å². The summed E-state index contributed by atoms with van der Waals surface area (Å²) in [5.41, 5.74) is -0.470. The van der Waals surface area contributed by atoms with Crippen molar-refractivity contribution in [1.82, 2.24) is 9.78 Å². The first-order valence-corrected chi connectivity index (χ1v) is 7.59. The number of aromatic nitrogens is 2. The van der Waals surface area contributed by atoms with Crippen LogP contribution >= 0.6 is 11.8 Å². The van der Waals surface area contributed by atoms with Gasteiger partial charge in [0, 0.05) is 17.5 Å². The maximum absolute atomic E-state index is 13.1. The van der Waals surface area contributed by atoms with E-state index in [2.05, 4.69) is 5.10 Å². The van der Waals surface area contributed by atoms with Crippen molar-refractivity contribution in [1.29, 1.82) is 0 Å². The maximum atomic E-state index is 13.1. The number of hydrogen-bond donors (Lipinski definition) is 0. The molecule has 2 rings (SSSR count). The fourth-order valence-electron chi connectivity index (χ4n) is 2.16. The maximum Gasteiger partial charge on any atom is 0.435 e. The van der Waals surface area contributed by atoms with Gasteiger partial charge in [0.1, 0.15) is 5.03 Å². The second kappa shape index (κ2) is 6.66. The summed E-state index contributed by atoms with van der Waals surface area (Å²) in [7, 11) is 2.71. The summed E-state index contributed by atoms with van der Waals surface area (Å²) < 4.78 is 45.1. The Labute approximate surface area is 135 Å². The zero-order valence-corrected chi connectivity index (χ0v) is 13.6. The average Bonchev–Trinajstić information content (AvgIpc) is 2.83. The molecule has 1 heterocycles. The molecule has 0 N–H and O–H groups in total. The van der Waals surface area contributed by atoms with Crippen molar-refractivity contribution in [2.45, 2.75) is 29.4 Å². The summed E-state index contributed by atoms with van der Waals surface area (Å²) in [5, 5.41) is 3.96. The summed E-state index contributed by atoms with van der Waals surface area (Å²) in [6.45, 7) is 1.64. The van der Waals surface area contributed by atoms with Crippen LogP contribution in [0.25, 0.3) is 0 Å². The molecule has 2 aromatic rings. The van der Waals surface area contributed by atoms with Crippen LogP contribution in [0.3, 0.4) is 0 Å². The number of methoxy groups -OCH3 is 1. The van der Waals surface area contributed by atoms with E-state index in [1.54, 1.807) is 31.2 Å². The van der Waals surface area contributed by atoms with Gasteiger partial charge in [-0.3, -0.25) is 4.68 Å². The summed E-state index contributed by atoms with van der Waals surface area (Å²) in [6, 6.07) is 6.61. The molecule has 0 aliphatic carbocycles. The molecule has 23 heavy (non-hydrogen) atoms. The molecule has 0 unspecified atom stereocenters. The second-order valence-electron chi connectivity index (χ2n) is 4.70. The number of ether oxygens (including phenoxy) is 1. The summed E-state index contributed by atoms with van der Waals surface area (Å²) in [4.78, 5) is 12.3. The van der Waals surface area contributed by atoms with Gasteiger partial charge >= 0.3 is 12.1 Å². The third-order valence-corrected chi connectivity index (χ3v) is 4.49. The van der Waals surface area contributed by atoms with Crippen LogP contribution in [0.4, 0.5) is 13.2 Å². The number of carbonyl (C=O) groups excluding carboxylic acids is 1. The normalized spacial score (nSPS) is 11.6. The van der Waals surface area contributed by atoms with E-state index in [-0.39, 0.29) is 12.0 Å². The number of rotatable bonds is 4. The zero-order chi connectivity index (χ0) is 17.2. The average molecular weight is 344 g/mol. The molecule has 0 saturated carbocycles. The number of nitrogens with zero attached hydrogens (tertiary/aromatic N) is 2. The Balaban J connectivity index is 2.50. The van der Waals surface area contributed by atoms with Gasteiger partial charge in [0.25, 0.3) is 0 Å². The third kappa shape index (κ3) is 3.52. The topological polar surface area (TPSA) is 44.1 Å². The number of esters is 1. The first kappa shape index (κ1) is 17.4. The van der Waals surface area contributed by atoms with E-state index in [1.165, 1.54) is 18.8 Å². The lowest BCUT2D eigenvalue weighted by Gasteiger charge is -2.09. The number of alkyl halides is 3. The summed E-state index contributed by atoms with van der Waals surface area (Å²) in [6.07, 6.45) is -4.32. The molecule has 1 aromatic carbocycles. The van der Waals surface area contributed by atoms with Gasteiger partial charge < -0.3 is 4.74 Å². The van der Waals surface area contributed by atoms with Crippen molar-refractivity contribution in [3.8, 4) is 0 Å². The lowest BCUT2D eigenvalue weighted by atomic mass is 10.2. The van der Waals surface area contributed by atoms with Crippen molar-refractivity contribution in [3.05, 3.63) is 41.1 Å². The highest BCUT2D eigenvalue weighted by Crippen LogP contribution is 2.39. The fraction of sp³-hybridized carbons (Fsp3) is 0.333. The highest BCUT2D eigenvalue weighted by atomic mass is 32.2. The van der Waals surface area contributed by atoms with E-state index in [9.17, 15) is 18.0 Å². The van der Waals surface area contributed by atoms with Crippen LogP contribution < -0.4 is 0 Å². The smallest absolute Gasteiger partial charge is 0.435 e. The fourth-order valence-corrected chi connectivity index (χ4v) is 3.32. The molecule has 8 heteroatoms. The van der Waals surface area contributed by atoms with E-state index in [0.29, 0.717) is 15.5 Å². The second-order valence-corrected chi connectivity index (χ2v) is 5.73. The Morgan fingerprint density at radius 2 is 2.00 bits per heavy atom. The molecule has 1 aromatic heterocycles. The summed E-state index contributed by atoms with van der Waals surface area (Å²) in [5.74, 6) is -0.538. The van der Waals surface area contributed by atoms with Crippen molar-refractivity contribution in [2.75, 3.05) is 7.11 Å². The zero-order valence-electron chi connectivity index (χ0n) is 12.8. The molecule has 124 valence electrons. The molecular formula is C15H15F3N2O2S. The molecule has 0 spiro atoms. The van der Waals surface area contributed by atoms with Gasteiger partial charge in [-0.25, -0.2) is 4.79 Å². The van der Waals surface area contributed by atoms with Crippen molar-refractivity contribution in [3.63, 3.8) is 0 Å². The standard InChI is InChI=1S/C15H15F3N2O2S/c1-4-9-12(15(16,17)18)19-20(2)13(9)23-11-8-6-5-7-10(11)14(21)22-3/h5-8H,4H2,1-3H3. The molecule has 0 amide bonds. The van der Waals surface area contributed by atoms with Gasteiger partial charge in [0.15, 0.2) is 5.69 Å². The number of halogens is 3. The Kier molecular flexibility index (Phi) is 5.03. The highest BCUT2D eigenvalue weighted by molar-refractivity contribution is 7.99. The Bertz CT molecular complexity index is 726. The first-order chi connectivity index (χ1) is 10.8. The van der Waals surface area contributed by atoms with Crippen LogP contribution in [-0.2, 0) is 24.4 Å². The SMILES string of the molecule is CCc1c(C(F)(F)F)nn(C)c1Sc1ccccc1C(=O)OC. The number of aryl methyl sites for hydroxylation is 1. The van der Waals surface area contributed by atoms with E-state index >= 15 is 0 Å². The molecule has 4 nitrogen and oxygen atoms in total. The third-order valence-electron chi connectivity index (χ3n) is 3.21. The van der Waals surface area contributed by atoms with Gasteiger partial charge in [-0.2, -0.15) is 18.3 Å². The van der Waals surface area contributed by atoms with Crippen LogP contribution in [0.1, 0.15) is 28.5 Å². The predicted molar refractivity (Wildman–Crippen MR) is 79.5 cm³/mol. The minimum atomic E-state index is -4.51. The lowest BCUT2D eigenvalue weighted by Crippen LogP contribution is -2.09. The number of benzene rings is 1. The van der Waals surface area contributed by atoms with Gasteiger partial charge in [0.05, 0.1) is 12.7 Å². The van der Waals surface area contributed by atoms with E-state index < -0.39 is 17.8 Å². The largest absolute Gasteiger partial charge is 0.465 e. The van der Waals surface area contributed by atoms with Crippen LogP contribution in [0, 0.1) is 0 Å². The molecule has 0 bridgehead atoms. The van der Waals surface area contributed by atoms with Crippen LogP contribution in [0.2, 0.25) is 0 Å². The van der Waals surface area contributed by atoms with Gasteiger partial charge in [-0.15, -0.1) is 0 Å². The lowest BCUT2D eigenvalue weighted by molar-refractivity contribution is -0.142. The van der Waals surface area contributed by atoms with Gasteiger partial charge in [-0.05, 0) is 18.6 Å². The minimum absolute atomic E-state index is 0.115. The Hall–Kier alpha value is -1.96. The minimum Gasteiger partial charge on any atom is -0.465 e. The van der Waals surface area contributed by atoms with E-state index in [0.717, 1.165) is 11.8 Å². The molecular weight excluding hydrogens is 329 g/mol. The molecule has 0 aliphatic rings. The first-order valence-electron chi connectivity index (χ1n) is 6.77. The molecule has 0 atom stereocenters. The molecule has 0 aliphatic heterocycles. The van der Waals surface area contributed by atoms with Crippen LogP contribution in [0.15, 0.2) is 34.2 Å². The van der Waals surface area contributed by atoms with E-state index in [4.69, 9.17) is 4.74 Å². The monoisotopic (exact) mass is 344 g/mol. The molecule has 0 fully saturated rings. The summed E-state index contributed by atoms with van der Waals surface area (Å²) >= 11 is 1.07. The molecule has 0 radical (unpaired) electrons. The quantitative estimate of drug-likeness (QED) is 0.788. The Morgan fingerprint density at radius 1 is 1.35 bits per heavy atom. The molecule has 0 saturated heterocycles. The van der Waals surface area contributed by atoms with E-state index in [1.807, 2.05) is 0 Å².